The van der Waals surface area contributed by atoms with Crippen LogP contribution in [0.4, 0.5) is 10.1 Å². The number of amides is 2. The van der Waals surface area contributed by atoms with Gasteiger partial charge in [-0.1, -0.05) is 18.7 Å². The minimum absolute atomic E-state index is 0.0657. The van der Waals surface area contributed by atoms with E-state index >= 15 is 0 Å². The van der Waals surface area contributed by atoms with Crippen LogP contribution in [-0.4, -0.2) is 29.0 Å². The van der Waals surface area contributed by atoms with E-state index < -0.39 is 34.9 Å². The molecular weight excluding hydrogens is 367 g/mol. The second-order valence-electron chi connectivity index (χ2n) is 6.64. The van der Waals surface area contributed by atoms with Crippen LogP contribution in [0.5, 0.6) is 0 Å². The molecule has 1 aromatic heterocycles. The van der Waals surface area contributed by atoms with Gasteiger partial charge in [-0.05, 0) is 24.6 Å². The maximum absolute atomic E-state index is 14.7. The molecule has 0 spiro atoms. The molecule has 8 heteroatoms. The van der Waals surface area contributed by atoms with Gasteiger partial charge >= 0.3 is 5.97 Å². The summed E-state index contributed by atoms with van der Waals surface area (Å²) in [5.74, 6) is -3.92. The summed E-state index contributed by atoms with van der Waals surface area (Å²) < 4.78 is 20.9. The number of anilines is 1. The molecule has 0 bridgehead atoms. The van der Waals surface area contributed by atoms with Crippen LogP contribution >= 0.6 is 0 Å². The first-order valence-electron chi connectivity index (χ1n) is 8.56. The van der Waals surface area contributed by atoms with Gasteiger partial charge in [-0.25, -0.2) is 9.29 Å². The quantitative estimate of drug-likeness (QED) is 0.339. The van der Waals surface area contributed by atoms with Crippen LogP contribution in [0.25, 0.3) is 5.69 Å². The minimum Gasteiger partial charge on any atom is -0.461 e. The average Bonchev–Trinajstić information content (AvgIpc) is 3.40. The number of rotatable bonds is 5. The number of esters is 1. The summed E-state index contributed by atoms with van der Waals surface area (Å²) in [5, 5.41) is 0. The Bertz CT molecular complexity index is 1090. The molecule has 2 atom stereocenters. The van der Waals surface area contributed by atoms with E-state index in [0.717, 1.165) is 6.07 Å². The van der Waals surface area contributed by atoms with E-state index in [1.54, 1.807) is 12.1 Å². The summed E-state index contributed by atoms with van der Waals surface area (Å²) in [6, 6.07) is 8.23. The smallest absolute Gasteiger partial charge is 0.322 e. The summed E-state index contributed by atoms with van der Waals surface area (Å²) in [4.78, 5) is 50.2. The van der Waals surface area contributed by atoms with Crippen LogP contribution < -0.4 is 10.5 Å². The van der Waals surface area contributed by atoms with Crippen LogP contribution in [-0.2, 0) is 19.1 Å². The monoisotopic (exact) mass is 382 g/mol. The van der Waals surface area contributed by atoms with Crippen LogP contribution in [0.15, 0.2) is 60.0 Å². The van der Waals surface area contributed by atoms with Crippen molar-refractivity contribution in [1.82, 2.24) is 4.57 Å². The third-order valence-electron chi connectivity index (χ3n) is 5.03. The molecule has 4 rings (SSSR count). The van der Waals surface area contributed by atoms with E-state index in [1.165, 1.54) is 35.0 Å². The van der Waals surface area contributed by atoms with Crippen molar-refractivity contribution in [2.75, 3.05) is 11.5 Å². The van der Waals surface area contributed by atoms with Gasteiger partial charge in [0.1, 0.15) is 12.4 Å². The second kappa shape index (κ2) is 6.26. The molecule has 1 aromatic carbocycles. The fourth-order valence-corrected chi connectivity index (χ4v) is 3.53. The van der Waals surface area contributed by atoms with Crippen molar-refractivity contribution in [1.29, 1.82) is 0 Å². The van der Waals surface area contributed by atoms with Crippen molar-refractivity contribution >= 4 is 23.5 Å². The number of halogens is 1. The van der Waals surface area contributed by atoms with Crippen molar-refractivity contribution < 1.29 is 23.5 Å². The lowest BCUT2D eigenvalue weighted by atomic mass is 10.1. The third-order valence-corrected chi connectivity index (χ3v) is 5.03. The lowest BCUT2D eigenvalue weighted by Gasteiger charge is -2.20. The highest BCUT2D eigenvalue weighted by atomic mass is 19.1. The van der Waals surface area contributed by atoms with Gasteiger partial charge in [0.05, 0.1) is 17.3 Å². The van der Waals surface area contributed by atoms with Gasteiger partial charge in [0.25, 0.3) is 11.5 Å². The highest BCUT2D eigenvalue weighted by Crippen LogP contribution is 2.60. The van der Waals surface area contributed by atoms with Crippen molar-refractivity contribution in [3.05, 3.63) is 71.4 Å². The number of fused-ring (bicyclic) bond motifs is 1. The second-order valence-corrected chi connectivity index (χ2v) is 6.64. The number of ether oxygens (including phenoxy) is 1. The Morgan fingerprint density at radius 1 is 1.29 bits per heavy atom. The van der Waals surface area contributed by atoms with Gasteiger partial charge in [-0.2, -0.15) is 0 Å². The lowest BCUT2D eigenvalue weighted by Crippen LogP contribution is -2.38. The summed E-state index contributed by atoms with van der Waals surface area (Å²) in [7, 11) is 0. The number of hydrogen-bond donors (Lipinski definition) is 0. The number of benzene rings is 1. The highest BCUT2D eigenvalue weighted by Gasteiger charge is 2.77. The maximum atomic E-state index is 14.7. The third kappa shape index (κ3) is 2.41. The molecule has 2 aromatic rings. The molecule has 2 fully saturated rings. The predicted octanol–water partition coefficient (Wildman–Crippen LogP) is 1.59. The van der Waals surface area contributed by atoms with Gasteiger partial charge in [0.2, 0.25) is 5.91 Å². The average molecular weight is 382 g/mol. The molecule has 2 heterocycles. The number of imide groups is 1. The molecule has 1 saturated heterocycles. The van der Waals surface area contributed by atoms with E-state index in [4.69, 9.17) is 4.74 Å². The van der Waals surface area contributed by atoms with Crippen molar-refractivity contribution in [2.45, 2.75) is 6.42 Å². The number of carbonyl (C=O) groups is 3. The van der Waals surface area contributed by atoms with Crippen LogP contribution in [0.2, 0.25) is 0 Å². The standard InChI is InChI=1S/C20H15FN2O5/c1-2-9-28-19(27)20-11-13(20)17(25)23(18(20)26)15-7-6-12(10-14(15)21)22-8-4-3-5-16(22)24/h2-8,10,13H,1,9,11H2. The number of aromatic nitrogens is 1. The van der Waals surface area contributed by atoms with Gasteiger partial charge in [0.15, 0.2) is 5.41 Å². The molecule has 2 amide bonds. The zero-order chi connectivity index (χ0) is 20.1. The molecule has 1 aliphatic heterocycles. The Labute approximate surface area is 158 Å². The Kier molecular flexibility index (Phi) is 3.99. The topological polar surface area (TPSA) is 85.7 Å². The fourth-order valence-electron chi connectivity index (χ4n) is 3.53. The normalized spacial score (nSPS) is 22.8. The van der Waals surface area contributed by atoms with Crippen LogP contribution in [0.1, 0.15) is 6.42 Å². The first kappa shape index (κ1) is 17.8. The Balaban J connectivity index is 1.67. The summed E-state index contributed by atoms with van der Waals surface area (Å²) in [6.45, 7) is 3.35. The number of pyridine rings is 1. The molecule has 1 saturated carbocycles. The number of nitrogens with zero attached hydrogens (tertiary/aromatic N) is 2. The Hall–Kier alpha value is -3.55. The molecule has 142 valence electrons. The highest BCUT2D eigenvalue weighted by molar-refractivity contribution is 6.33. The zero-order valence-corrected chi connectivity index (χ0v) is 14.6. The number of carbonyl (C=O) groups excluding carboxylic acids is 3. The molecule has 2 unspecified atom stereocenters. The SMILES string of the molecule is C=CCOC(=O)C12CC1C(=O)N(c1ccc(-n3ccccc3=O)cc1F)C2=O. The maximum Gasteiger partial charge on any atom is 0.322 e. The molecule has 7 nitrogen and oxygen atoms in total. The lowest BCUT2D eigenvalue weighted by molar-refractivity contribution is -0.152. The minimum atomic E-state index is -1.57. The summed E-state index contributed by atoms with van der Waals surface area (Å²) in [6.07, 6.45) is 2.90. The molecule has 28 heavy (non-hydrogen) atoms. The summed E-state index contributed by atoms with van der Waals surface area (Å²) in [5.41, 5.74) is -1.93. The predicted molar refractivity (Wildman–Crippen MR) is 96.2 cm³/mol. The van der Waals surface area contributed by atoms with E-state index in [-0.39, 0.29) is 30.0 Å². The van der Waals surface area contributed by atoms with Gasteiger partial charge in [-0.15, -0.1) is 0 Å². The van der Waals surface area contributed by atoms with E-state index in [2.05, 4.69) is 6.58 Å². The van der Waals surface area contributed by atoms with E-state index in [0.29, 0.717) is 4.90 Å². The number of hydrogen-bond acceptors (Lipinski definition) is 5. The van der Waals surface area contributed by atoms with Gasteiger partial charge < -0.3 is 4.74 Å². The Morgan fingerprint density at radius 2 is 2.07 bits per heavy atom. The van der Waals surface area contributed by atoms with Crippen molar-refractivity contribution in [3.8, 4) is 5.69 Å². The largest absolute Gasteiger partial charge is 0.461 e. The molecule has 0 N–H and O–H groups in total. The van der Waals surface area contributed by atoms with Crippen LogP contribution in [0, 0.1) is 17.2 Å². The Morgan fingerprint density at radius 3 is 2.75 bits per heavy atom. The molecule has 2 aliphatic rings. The van der Waals surface area contributed by atoms with Crippen molar-refractivity contribution in [2.24, 2.45) is 11.3 Å². The van der Waals surface area contributed by atoms with E-state index in [9.17, 15) is 23.6 Å². The van der Waals surface area contributed by atoms with Crippen LogP contribution in [0.3, 0.4) is 0 Å². The summed E-state index contributed by atoms with van der Waals surface area (Å²) >= 11 is 0. The van der Waals surface area contributed by atoms with Gasteiger partial charge in [0, 0.05) is 18.3 Å². The fraction of sp³-hybridized carbons (Fsp3) is 0.200. The zero-order valence-electron chi connectivity index (χ0n) is 14.6. The first-order valence-corrected chi connectivity index (χ1v) is 8.56. The molecule has 0 radical (unpaired) electrons. The van der Waals surface area contributed by atoms with Crippen molar-refractivity contribution in [3.63, 3.8) is 0 Å². The first-order chi connectivity index (χ1) is 13.4. The number of piperidine rings is 1. The van der Waals surface area contributed by atoms with E-state index in [1.807, 2.05) is 0 Å². The molecular formula is C20H15FN2O5. The van der Waals surface area contributed by atoms with Gasteiger partial charge in [-0.3, -0.25) is 23.7 Å². The molecule has 1 aliphatic carbocycles.